The van der Waals surface area contributed by atoms with E-state index in [0.29, 0.717) is 5.65 Å². The molecule has 2 rings (SSSR count). The zero-order chi connectivity index (χ0) is 14.0. The Morgan fingerprint density at radius 2 is 2.21 bits per heavy atom. The van der Waals surface area contributed by atoms with Gasteiger partial charge in [-0.1, -0.05) is 0 Å². The van der Waals surface area contributed by atoms with Crippen molar-refractivity contribution >= 4 is 11.2 Å². The smallest absolute Gasteiger partial charge is 0.278 e. The summed E-state index contributed by atoms with van der Waals surface area (Å²) in [5.74, 6) is 0. The maximum atomic E-state index is 11.5. The second kappa shape index (κ2) is 5.45. The lowest BCUT2D eigenvalue weighted by molar-refractivity contribution is -0.186. The molecule has 0 fully saturated rings. The predicted octanol–water partition coefficient (Wildman–Crippen LogP) is -1.67. The summed E-state index contributed by atoms with van der Waals surface area (Å²) in [7, 11) is 0. The molecule has 0 amide bonds. The van der Waals surface area contributed by atoms with Crippen LogP contribution in [0.4, 0.5) is 0 Å². The maximum Gasteiger partial charge on any atom is 0.278 e. The Hall–Kier alpha value is -1.81. The molecule has 19 heavy (non-hydrogen) atoms. The van der Waals surface area contributed by atoms with E-state index in [-0.39, 0.29) is 11.1 Å². The molecule has 2 aromatic rings. The van der Waals surface area contributed by atoms with Crippen molar-refractivity contribution in [1.82, 2.24) is 19.5 Å². The molecule has 104 valence electrons. The zero-order valence-electron chi connectivity index (χ0n) is 10.1. The normalized spacial score (nSPS) is 15.0. The largest absolute Gasteiger partial charge is 0.393 e. The number of rotatable bonds is 5. The van der Waals surface area contributed by atoms with E-state index in [1.807, 2.05) is 0 Å². The van der Waals surface area contributed by atoms with Gasteiger partial charge in [-0.05, 0) is 6.92 Å². The molecule has 2 aromatic heterocycles. The van der Waals surface area contributed by atoms with Crippen LogP contribution in [0.3, 0.4) is 0 Å². The van der Waals surface area contributed by atoms with Crippen LogP contribution in [-0.4, -0.2) is 53.8 Å². The highest BCUT2D eigenvalue weighted by Gasteiger charge is 2.21. The minimum Gasteiger partial charge on any atom is -0.393 e. The average Bonchev–Trinajstić information content (AvgIpc) is 2.80. The number of nitrogens with one attached hydrogen (secondary N) is 1. The number of aliphatic hydroxyl groups excluding tert-OH is 2. The third-order valence-electron chi connectivity index (χ3n) is 2.64. The van der Waals surface area contributed by atoms with E-state index in [2.05, 4.69) is 15.0 Å². The minimum atomic E-state index is -1.81. The number of nitrogens with zero attached hydrogens (tertiary/aromatic N) is 3. The molecule has 0 radical (unpaired) electrons. The Bertz CT molecular complexity index is 607. The predicted molar refractivity (Wildman–Crippen MR) is 63.0 cm³/mol. The van der Waals surface area contributed by atoms with E-state index in [9.17, 15) is 4.79 Å². The lowest BCUT2D eigenvalue weighted by Crippen LogP contribution is -2.34. The first-order valence-corrected chi connectivity index (χ1v) is 5.57. The summed E-state index contributed by atoms with van der Waals surface area (Å²) in [5.41, 5.74) is 0.0836. The Kier molecular flexibility index (Phi) is 3.90. The molecule has 9 nitrogen and oxygen atoms in total. The number of ether oxygens (including phenoxy) is 1. The highest BCUT2D eigenvalue weighted by atomic mass is 16.6. The zero-order valence-corrected chi connectivity index (χ0v) is 10.1. The molecular formula is C10H14N4O5. The number of hydrogen-bond acceptors (Lipinski definition) is 7. The Morgan fingerprint density at radius 3 is 2.84 bits per heavy atom. The number of fused-ring (bicyclic) bond motifs is 1. The van der Waals surface area contributed by atoms with Gasteiger partial charge in [0.05, 0.1) is 19.3 Å². The first-order valence-electron chi connectivity index (χ1n) is 5.57. The van der Waals surface area contributed by atoms with Crippen LogP contribution in [-0.2, 0) is 4.74 Å². The third-order valence-corrected chi connectivity index (χ3v) is 2.64. The molecule has 0 aliphatic carbocycles. The number of aromatic amines is 1. The molecule has 0 aromatic carbocycles. The third kappa shape index (κ3) is 2.63. The van der Waals surface area contributed by atoms with E-state index >= 15 is 0 Å². The fourth-order valence-corrected chi connectivity index (χ4v) is 1.66. The number of hydrogen-bond donors (Lipinski definition) is 4. The van der Waals surface area contributed by atoms with Crippen molar-refractivity contribution in [2.45, 2.75) is 25.5 Å². The first-order chi connectivity index (χ1) is 9.04. The standard InChI is InChI=1S/C10H14N4O5/c1-5(19-6(2-15)10(17)18)14-4-13-7-8(14)11-3-12-9(7)16/h3-6,10,15,17-18H,2H2,1H3,(H,11,12,16)/t5-,6-/m1/s1. The summed E-state index contributed by atoms with van der Waals surface area (Å²) in [4.78, 5) is 21.7. The summed E-state index contributed by atoms with van der Waals surface area (Å²) < 4.78 is 6.73. The van der Waals surface area contributed by atoms with Crippen LogP contribution in [0.25, 0.3) is 11.2 Å². The monoisotopic (exact) mass is 270 g/mol. The van der Waals surface area contributed by atoms with Gasteiger partial charge in [0.1, 0.15) is 12.3 Å². The second-order valence-electron chi connectivity index (χ2n) is 3.93. The van der Waals surface area contributed by atoms with Gasteiger partial charge in [0.25, 0.3) is 5.56 Å². The van der Waals surface area contributed by atoms with Gasteiger partial charge in [-0.2, -0.15) is 0 Å². The van der Waals surface area contributed by atoms with Gasteiger partial charge in [-0.25, -0.2) is 9.97 Å². The van der Waals surface area contributed by atoms with Crippen molar-refractivity contribution in [2.75, 3.05) is 6.61 Å². The fourth-order valence-electron chi connectivity index (χ4n) is 1.66. The summed E-state index contributed by atoms with van der Waals surface area (Å²) in [5, 5.41) is 26.9. The first kappa shape index (κ1) is 13.6. The molecule has 0 aliphatic rings. The number of H-pyrrole nitrogens is 1. The Balaban J connectivity index is 2.29. The van der Waals surface area contributed by atoms with Gasteiger partial charge in [-0.15, -0.1) is 0 Å². The van der Waals surface area contributed by atoms with Crippen molar-refractivity contribution in [3.63, 3.8) is 0 Å². The Labute approximate surface area is 107 Å². The van der Waals surface area contributed by atoms with E-state index in [1.54, 1.807) is 6.92 Å². The van der Waals surface area contributed by atoms with E-state index in [1.165, 1.54) is 17.2 Å². The van der Waals surface area contributed by atoms with Gasteiger partial charge in [0.2, 0.25) is 0 Å². The molecule has 2 heterocycles. The summed E-state index contributed by atoms with van der Waals surface area (Å²) in [6.07, 6.45) is -1.05. The summed E-state index contributed by atoms with van der Waals surface area (Å²) in [6.45, 7) is 1.05. The molecule has 0 unspecified atom stereocenters. The van der Waals surface area contributed by atoms with Gasteiger partial charge < -0.3 is 25.0 Å². The molecule has 0 bridgehead atoms. The lowest BCUT2D eigenvalue weighted by Gasteiger charge is -2.22. The molecule has 0 saturated heterocycles. The van der Waals surface area contributed by atoms with Crippen LogP contribution in [0.2, 0.25) is 0 Å². The molecule has 0 saturated carbocycles. The fraction of sp³-hybridized carbons (Fsp3) is 0.500. The SMILES string of the molecule is C[C@@H](O[C@H](CO)C(O)O)n1cnc2c(=O)[nH]cnc21. The van der Waals surface area contributed by atoms with Gasteiger partial charge in [0.15, 0.2) is 17.5 Å². The molecule has 2 atom stereocenters. The topological polar surface area (TPSA) is 133 Å². The summed E-state index contributed by atoms with van der Waals surface area (Å²) in [6, 6.07) is 0. The van der Waals surface area contributed by atoms with Crippen molar-refractivity contribution in [3.8, 4) is 0 Å². The average molecular weight is 270 g/mol. The lowest BCUT2D eigenvalue weighted by atomic mass is 10.3. The highest BCUT2D eigenvalue weighted by Crippen LogP contribution is 2.16. The number of aliphatic hydroxyl groups is 3. The van der Waals surface area contributed by atoms with Crippen molar-refractivity contribution in [2.24, 2.45) is 0 Å². The van der Waals surface area contributed by atoms with Gasteiger partial charge >= 0.3 is 0 Å². The van der Waals surface area contributed by atoms with Gasteiger partial charge in [-0.3, -0.25) is 9.36 Å². The van der Waals surface area contributed by atoms with Crippen LogP contribution in [0.15, 0.2) is 17.4 Å². The molecular weight excluding hydrogens is 256 g/mol. The maximum absolute atomic E-state index is 11.5. The minimum absolute atomic E-state index is 0.156. The van der Waals surface area contributed by atoms with Crippen LogP contribution in [0.1, 0.15) is 13.2 Å². The molecule has 0 aliphatic heterocycles. The van der Waals surface area contributed by atoms with Crippen molar-refractivity contribution < 1.29 is 20.1 Å². The highest BCUT2D eigenvalue weighted by molar-refractivity contribution is 5.68. The second-order valence-corrected chi connectivity index (χ2v) is 3.93. The van der Waals surface area contributed by atoms with E-state index in [4.69, 9.17) is 20.1 Å². The number of imidazole rings is 1. The van der Waals surface area contributed by atoms with Crippen LogP contribution in [0, 0.1) is 0 Å². The quantitative estimate of drug-likeness (QED) is 0.477. The van der Waals surface area contributed by atoms with Gasteiger partial charge in [0, 0.05) is 0 Å². The molecule has 0 spiro atoms. The van der Waals surface area contributed by atoms with E-state index < -0.39 is 25.2 Å². The summed E-state index contributed by atoms with van der Waals surface area (Å²) >= 11 is 0. The van der Waals surface area contributed by atoms with Crippen molar-refractivity contribution in [3.05, 3.63) is 23.0 Å². The van der Waals surface area contributed by atoms with Crippen LogP contribution >= 0.6 is 0 Å². The van der Waals surface area contributed by atoms with E-state index in [0.717, 1.165) is 0 Å². The van der Waals surface area contributed by atoms with Crippen molar-refractivity contribution in [1.29, 1.82) is 0 Å². The Morgan fingerprint density at radius 1 is 1.47 bits per heavy atom. The van der Waals surface area contributed by atoms with Crippen LogP contribution in [0.5, 0.6) is 0 Å². The van der Waals surface area contributed by atoms with Crippen LogP contribution < -0.4 is 5.56 Å². The molecule has 9 heteroatoms. The number of aromatic nitrogens is 4. The molecule has 4 N–H and O–H groups in total.